The molecule has 2 amide bonds. The molecular weight excluding hydrogens is 504 g/mol. The zero-order valence-electron chi connectivity index (χ0n) is 25.4. The summed E-state index contributed by atoms with van der Waals surface area (Å²) >= 11 is 6.47. The Bertz CT molecular complexity index is 800. The smallest absolute Gasteiger partial charge is 0.407 e. The minimum Gasteiger partial charge on any atom is -0.490 e. The molecule has 1 unspecified atom stereocenters. The van der Waals surface area contributed by atoms with Gasteiger partial charge in [0.1, 0.15) is 23.7 Å². The van der Waals surface area contributed by atoms with Crippen molar-refractivity contribution in [1.82, 2.24) is 5.32 Å². The number of aryl methyl sites for hydroxylation is 1. The Kier molecular flexibility index (Phi) is 26.1. The molecule has 0 aliphatic carbocycles. The number of ketones is 1. The van der Waals surface area contributed by atoms with Gasteiger partial charge in [0.05, 0.1) is 11.1 Å². The number of hydrogen-bond donors (Lipinski definition) is 2. The van der Waals surface area contributed by atoms with Crippen LogP contribution in [0.5, 0.6) is 5.75 Å². The molecule has 0 aliphatic rings. The van der Waals surface area contributed by atoms with Crippen LogP contribution in [0, 0.1) is 0 Å². The molecule has 0 aliphatic heterocycles. The van der Waals surface area contributed by atoms with Crippen molar-refractivity contribution >= 4 is 29.4 Å². The number of ether oxygens (including phenoxy) is 2. The third-order valence-corrected chi connectivity index (χ3v) is 4.93. The molecule has 1 aromatic rings. The Morgan fingerprint density at radius 3 is 2.08 bits per heavy atom. The van der Waals surface area contributed by atoms with Crippen LogP contribution in [0.4, 0.5) is 4.79 Å². The van der Waals surface area contributed by atoms with Crippen LogP contribution in [0.3, 0.4) is 0 Å². The lowest BCUT2D eigenvalue weighted by atomic mass is 10.1. The minimum absolute atomic E-state index is 0.0296. The summed E-state index contributed by atoms with van der Waals surface area (Å²) in [4.78, 5) is 34.3. The molecule has 8 heteroatoms. The van der Waals surface area contributed by atoms with Crippen molar-refractivity contribution in [3.8, 4) is 5.75 Å². The van der Waals surface area contributed by atoms with E-state index in [2.05, 4.69) is 5.32 Å². The first kappa shape index (κ1) is 40.0. The number of alkyl carbamates (subject to hydrolysis) is 1. The highest BCUT2D eigenvalue weighted by molar-refractivity contribution is 6.32. The third-order valence-electron chi connectivity index (χ3n) is 4.50. The van der Waals surface area contributed by atoms with E-state index >= 15 is 0 Å². The fourth-order valence-electron chi connectivity index (χ4n) is 2.71. The molecule has 0 heterocycles. The van der Waals surface area contributed by atoms with E-state index in [1.54, 1.807) is 26.8 Å². The Morgan fingerprint density at radius 1 is 1.03 bits per heavy atom. The summed E-state index contributed by atoms with van der Waals surface area (Å²) in [6.07, 6.45) is 6.72. The quantitative estimate of drug-likeness (QED) is 0.201. The molecule has 1 aromatic carbocycles. The van der Waals surface area contributed by atoms with Crippen LogP contribution >= 0.6 is 11.6 Å². The van der Waals surface area contributed by atoms with Crippen molar-refractivity contribution in [3.63, 3.8) is 0 Å². The number of carbonyl (C=O) groups excluding carboxylic acids is 3. The highest BCUT2D eigenvalue weighted by Crippen LogP contribution is 2.29. The van der Waals surface area contributed by atoms with Gasteiger partial charge in [-0.05, 0) is 78.9 Å². The molecule has 1 atom stereocenters. The van der Waals surface area contributed by atoms with Gasteiger partial charge < -0.3 is 25.3 Å². The van der Waals surface area contributed by atoms with Gasteiger partial charge in [-0.3, -0.25) is 4.79 Å². The number of allylic oxidation sites excluding steroid dienone is 2. The van der Waals surface area contributed by atoms with E-state index < -0.39 is 17.7 Å². The van der Waals surface area contributed by atoms with Crippen molar-refractivity contribution in [3.05, 3.63) is 40.9 Å². The lowest BCUT2D eigenvalue weighted by Crippen LogP contribution is -2.42. The topological polar surface area (TPSA) is 108 Å². The third kappa shape index (κ3) is 23.8. The van der Waals surface area contributed by atoms with Crippen molar-refractivity contribution in [2.45, 2.75) is 119 Å². The standard InChI is InChI=1S/C22H33ClN2O5.C4H8.2C2H6/c1-15(26)12-13-17(25-21(28)30-22(2,3)4)14-29-18-10-7-9-16(20(18)23)8-5-6-11-19(24)27;1-3-4-2;2*1-2/h7,9-10,17H,5-6,8,11-14H2,1-4H3,(H2,24,27)(H,25,28);3-4H,1-2H3;2*1-2H3/b;4-3-;;. The molecule has 0 bridgehead atoms. The normalized spacial score (nSPS) is 10.9. The van der Waals surface area contributed by atoms with Gasteiger partial charge in [0.2, 0.25) is 5.91 Å². The highest BCUT2D eigenvalue weighted by atomic mass is 35.5. The molecule has 0 fully saturated rings. The summed E-state index contributed by atoms with van der Waals surface area (Å²) in [7, 11) is 0. The second kappa shape index (κ2) is 24.8. The number of hydrogen-bond acceptors (Lipinski definition) is 5. The maximum atomic E-state index is 12.1. The molecule has 0 spiro atoms. The summed E-state index contributed by atoms with van der Waals surface area (Å²) in [6.45, 7) is 19.0. The molecule has 0 aromatic heterocycles. The van der Waals surface area contributed by atoms with E-state index in [0.717, 1.165) is 12.0 Å². The van der Waals surface area contributed by atoms with Gasteiger partial charge in [0, 0.05) is 12.8 Å². The number of unbranched alkanes of at least 4 members (excludes halogenated alkanes) is 1. The van der Waals surface area contributed by atoms with Crippen molar-refractivity contribution in [1.29, 1.82) is 0 Å². The molecule has 220 valence electrons. The summed E-state index contributed by atoms with van der Waals surface area (Å²) in [6, 6.07) is 5.10. The lowest BCUT2D eigenvalue weighted by Gasteiger charge is -2.24. The van der Waals surface area contributed by atoms with Crippen molar-refractivity contribution < 1.29 is 23.9 Å². The van der Waals surface area contributed by atoms with Crippen LogP contribution in [-0.2, 0) is 20.7 Å². The average molecular weight is 557 g/mol. The van der Waals surface area contributed by atoms with E-state index in [4.69, 9.17) is 26.8 Å². The first-order valence-corrected chi connectivity index (χ1v) is 14.0. The van der Waals surface area contributed by atoms with Gasteiger partial charge >= 0.3 is 6.09 Å². The van der Waals surface area contributed by atoms with E-state index in [-0.39, 0.29) is 18.3 Å². The molecular formula is C30H53ClN2O5. The van der Waals surface area contributed by atoms with E-state index in [1.165, 1.54) is 6.92 Å². The average Bonchev–Trinajstić information content (AvgIpc) is 2.86. The van der Waals surface area contributed by atoms with Gasteiger partial charge in [0.25, 0.3) is 0 Å². The van der Waals surface area contributed by atoms with E-state index in [9.17, 15) is 14.4 Å². The second-order valence-corrected chi connectivity index (χ2v) is 9.34. The molecule has 38 heavy (non-hydrogen) atoms. The van der Waals surface area contributed by atoms with Crippen LogP contribution in [0.1, 0.15) is 107 Å². The number of rotatable bonds is 12. The highest BCUT2D eigenvalue weighted by Gasteiger charge is 2.21. The van der Waals surface area contributed by atoms with Gasteiger partial charge in [-0.15, -0.1) is 0 Å². The lowest BCUT2D eigenvalue weighted by molar-refractivity contribution is -0.118. The molecule has 0 saturated carbocycles. The van der Waals surface area contributed by atoms with Gasteiger partial charge in [-0.1, -0.05) is 63.6 Å². The van der Waals surface area contributed by atoms with Crippen LogP contribution < -0.4 is 15.8 Å². The molecule has 7 nitrogen and oxygen atoms in total. The predicted molar refractivity (Wildman–Crippen MR) is 160 cm³/mol. The Balaban J connectivity index is -0.00000136. The van der Waals surface area contributed by atoms with Crippen LogP contribution in [0.15, 0.2) is 30.4 Å². The number of Topliss-reactive ketones (excluding diaryl/α,β-unsaturated/α-hetero) is 1. The molecule has 3 N–H and O–H groups in total. The number of nitrogens with two attached hydrogens (primary N) is 1. The predicted octanol–water partition coefficient (Wildman–Crippen LogP) is 7.81. The number of halogens is 1. The van der Waals surface area contributed by atoms with Gasteiger partial charge in [-0.2, -0.15) is 0 Å². The Labute approximate surface area is 236 Å². The first-order valence-electron chi connectivity index (χ1n) is 13.6. The minimum atomic E-state index is -0.623. The maximum Gasteiger partial charge on any atom is 0.407 e. The largest absolute Gasteiger partial charge is 0.490 e. The Hall–Kier alpha value is -2.54. The summed E-state index contributed by atoms with van der Waals surface area (Å²) in [5.41, 5.74) is 5.45. The number of nitrogens with one attached hydrogen (secondary N) is 1. The summed E-state index contributed by atoms with van der Waals surface area (Å²) in [5, 5.41) is 3.26. The van der Waals surface area contributed by atoms with Crippen LogP contribution in [-0.4, -0.2) is 36.0 Å². The monoisotopic (exact) mass is 556 g/mol. The fraction of sp³-hybridized carbons (Fsp3) is 0.633. The van der Waals surface area contributed by atoms with Gasteiger partial charge in [-0.25, -0.2) is 4.79 Å². The molecule has 0 saturated heterocycles. The van der Waals surface area contributed by atoms with E-state index in [1.807, 2.05) is 65.8 Å². The van der Waals surface area contributed by atoms with Gasteiger partial charge in [0.15, 0.2) is 0 Å². The van der Waals surface area contributed by atoms with Crippen molar-refractivity contribution in [2.75, 3.05) is 6.61 Å². The van der Waals surface area contributed by atoms with E-state index in [0.29, 0.717) is 42.9 Å². The Morgan fingerprint density at radius 2 is 1.61 bits per heavy atom. The van der Waals surface area contributed by atoms with Crippen LogP contribution in [0.25, 0.3) is 0 Å². The SMILES string of the molecule is C/C=C\C.CC.CC.CC(=O)CCC(COc1cccc(CCCCC(N)=O)c1Cl)NC(=O)OC(C)(C)C. The van der Waals surface area contributed by atoms with Crippen molar-refractivity contribution in [2.24, 2.45) is 5.73 Å². The number of primary amides is 1. The molecule has 1 rings (SSSR count). The van der Waals surface area contributed by atoms with Crippen LogP contribution in [0.2, 0.25) is 5.02 Å². The second-order valence-electron chi connectivity index (χ2n) is 8.96. The maximum absolute atomic E-state index is 12.1. The summed E-state index contributed by atoms with van der Waals surface area (Å²) in [5.74, 6) is 0.220. The number of carbonyl (C=O) groups is 3. The number of amides is 2. The first-order chi connectivity index (χ1) is 17.9. The molecule has 0 radical (unpaired) electrons. The number of benzene rings is 1. The fourth-order valence-corrected chi connectivity index (χ4v) is 2.99. The zero-order valence-corrected chi connectivity index (χ0v) is 26.2. The zero-order chi connectivity index (χ0) is 30.1. The summed E-state index contributed by atoms with van der Waals surface area (Å²) < 4.78 is 11.2.